The zero-order valence-corrected chi connectivity index (χ0v) is 18.7. The Bertz CT molecular complexity index is 822. The molecule has 1 heterocycles. The van der Waals surface area contributed by atoms with Crippen molar-refractivity contribution in [3.63, 3.8) is 0 Å². The molecule has 0 aliphatic carbocycles. The van der Waals surface area contributed by atoms with Crippen LogP contribution in [0.25, 0.3) is 6.08 Å². The minimum atomic E-state index is -0.588. The number of phenols is 1. The quantitative estimate of drug-likeness (QED) is 0.609. The number of amides is 4. The Labute approximate surface area is 173 Å². The standard InChI is InChI=1S/C23H32N2O4/c1-9-24-19(27)15(20(28)25(10-2)21(24)29)11-14-12-16(22(3,4)5)18(26)17(13-14)23(6,7)8/h11-13,26H,9-10H2,1-8H3. The Morgan fingerprint density at radius 1 is 0.828 bits per heavy atom. The number of likely N-dealkylation sites (N-methyl/N-ethyl adjacent to an activating group) is 2. The Morgan fingerprint density at radius 2 is 1.21 bits per heavy atom. The van der Waals surface area contributed by atoms with Gasteiger partial charge in [0, 0.05) is 24.2 Å². The maximum atomic E-state index is 12.8. The molecule has 0 saturated carbocycles. The van der Waals surface area contributed by atoms with Crippen LogP contribution in [0, 0.1) is 0 Å². The molecule has 1 N–H and O–H groups in total. The second kappa shape index (κ2) is 7.65. The third kappa shape index (κ3) is 4.21. The van der Waals surface area contributed by atoms with Gasteiger partial charge in [-0.05, 0) is 48.4 Å². The first kappa shape index (κ1) is 22.7. The van der Waals surface area contributed by atoms with Crippen LogP contribution in [0.1, 0.15) is 72.1 Å². The number of rotatable bonds is 3. The van der Waals surface area contributed by atoms with Crippen molar-refractivity contribution in [1.29, 1.82) is 0 Å². The molecule has 158 valence electrons. The molecule has 0 aromatic heterocycles. The number of hydrogen-bond donors (Lipinski definition) is 1. The molecule has 1 aromatic carbocycles. The molecule has 0 unspecified atom stereocenters. The number of barbiturate groups is 1. The van der Waals surface area contributed by atoms with Crippen LogP contribution in [-0.4, -0.2) is 45.8 Å². The van der Waals surface area contributed by atoms with Crippen molar-refractivity contribution in [2.24, 2.45) is 0 Å². The van der Waals surface area contributed by atoms with E-state index in [9.17, 15) is 19.5 Å². The zero-order chi connectivity index (χ0) is 22.3. The summed E-state index contributed by atoms with van der Waals surface area (Å²) in [5.74, 6) is -0.946. The lowest BCUT2D eigenvalue weighted by Gasteiger charge is -2.32. The molecular formula is C23H32N2O4. The van der Waals surface area contributed by atoms with E-state index in [1.54, 1.807) is 26.0 Å². The van der Waals surface area contributed by atoms with E-state index >= 15 is 0 Å². The third-order valence-electron chi connectivity index (χ3n) is 5.10. The van der Waals surface area contributed by atoms with Crippen molar-refractivity contribution >= 4 is 23.9 Å². The van der Waals surface area contributed by atoms with E-state index in [1.807, 2.05) is 41.5 Å². The highest BCUT2D eigenvalue weighted by Gasteiger charge is 2.40. The second-order valence-corrected chi connectivity index (χ2v) is 9.40. The van der Waals surface area contributed by atoms with Gasteiger partial charge in [-0.2, -0.15) is 0 Å². The summed E-state index contributed by atoms with van der Waals surface area (Å²) < 4.78 is 0. The molecule has 0 bridgehead atoms. The van der Waals surface area contributed by atoms with Crippen LogP contribution in [0.2, 0.25) is 0 Å². The average molecular weight is 401 g/mol. The lowest BCUT2D eigenvalue weighted by Crippen LogP contribution is -2.56. The summed E-state index contributed by atoms with van der Waals surface area (Å²) in [5.41, 5.74) is 1.42. The Hall–Kier alpha value is -2.63. The minimum absolute atomic E-state index is 0.0429. The summed E-state index contributed by atoms with van der Waals surface area (Å²) in [6, 6.07) is 3.03. The fourth-order valence-corrected chi connectivity index (χ4v) is 3.43. The van der Waals surface area contributed by atoms with Crippen LogP contribution in [0.5, 0.6) is 5.75 Å². The van der Waals surface area contributed by atoms with E-state index in [-0.39, 0.29) is 35.2 Å². The maximum Gasteiger partial charge on any atom is 0.333 e. The molecule has 29 heavy (non-hydrogen) atoms. The molecular weight excluding hydrogens is 368 g/mol. The van der Waals surface area contributed by atoms with Gasteiger partial charge >= 0.3 is 6.03 Å². The van der Waals surface area contributed by atoms with E-state index in [1.165, 1.54) is 6.08 Å². The molecule has 2 rings (SSSR count). The summed E-state index contributed by atoms with van der Waals surface area (Å²) in [6.07, 6.45) is 1.53. The number of hydrogen-bond acceptors (Lipinski definition) is 4. The van der Waals surface area contributed by atoms with Gasteiger partial charge in [-0.3, -0.25) is 19.4 Å². The molecule has 1 aliphatic rings. The minimum Gasteiger partial charge on any atom is -0.507 e. The van der Waals surface area contributed by atoms with Crippen LogP contribution < -0.4 is 0 Å². The summed E-state index contributed by atoms with van der Waals surface area (Å²) in [7, 11) is 0. The Balaban J connectivity index is 2.73. The Morgan fingerprint density at radius 3 is 1.52 bits per heavy atom. The van der Waals surface area contributed by atoms with Gasteiger partial charge in [0.15, 0.2) is 0 Å². The molecule has 1 saturated heterocycles. The van der Waals surface area contributed by atoms with Gasteiger partial charge in [-0.1, -0.05) is 41.5 Å². The molecule has 1 aromatic rings. The van der Waals surface area contributed by atoms with Crippen molar-refractivity contribution in [1.82, 2.24) is 9.80 Å². The van der Waals surface area contributed by atoms with Crippen LogP contribution in [0.15, 0.2) is 17.7 Å². The largest absolute Gasteiger partial charge is 0.507 e. The van der Waals surface area contributed by atoms with Crippen molar-refractivity contribution < 1.29 is 19.5 Å². The number of urea groups is 1. The summed E-state index contributed by atoms with van der Waals surface area (Å²) in [4.78, 5) is 40.2. The van der Waals surface area contributed by atoms with Crippen LogP contribution in [0.3, 0.4) is 0 Å². The van der Waals surface area contributed by atoms with Crippen molar-refractivity contribution in [2.45, 2.75) is 66.2 Å². The van der Waals surface area contributed by atoms with Crippen LogP contribution >= 0.6 is 0 Å². The number of carbonyl (C=O) groups excluding carboxylic acids is 3. The molecule has 1 aliphatic heterocycles. The van der Waals surface area contributed by atoms with Gasteiger partial charge in [-0.15, -0.1) is 0 Å². The SMILES string of the molecule is CCN1C(=O)C(=Cc2cc(C(C)(C)C)c(O)c(C(C)(C)C)c2)C(=O)N(CC)C1=O. The van der Waals surface area contributed by atoms with Gasteiger partial charge in [0.05, 0.1) is 0 Å². The summed E-state index contributed by atoms with van der Waals surface area (Å²) >= 11 is 0. The average Bonchev–Trinajstić information content (AvgIpc) is 2.58. The number of phenolic OH excluding ortho intramolecular Hbond substituents is 1. The van der Waals surface area contributed by atoms with Crippen molar-refractivity contribution in [3.8, 4) is 5.75 Å². The lowest BCUT2D eigenvalue weighted by atomic mass is 9.78. The van der Waals surface area contributed by atoms with E-state index in [2.05, 4.69) is 0 Å². The summed E-state index contributed by atoms with van der Waals surface area (Å²) in [5, 5.41) is 10.9. The lowest BCUT2D eigenvalue weighted by molar-refractivity contribution is -0.135. The van der Waals surface area contributed by atoms with Gasteiger partial charge in [0.1, 0.15) is 11.3 Å². The highest BCUT2D eigenvalue weighted by Crippen LogP contribution is 2.40. The maximum absolute atomic E-state index is 12.8. The monoisotopic (exact) mass is 400 g/mol. The van der Waals surface area contributed by atoms with E-state index in [0.717, 1.165) is 20.9 Å². The first-order valence-corrected chi connectivity index (χ1v) is 10.0. The number of benzene rings is 1. The second-order valence-electron chi connectivity index (χ2n) is 9.40. The molecule has 6 nitrogen and oxygen atoms in total. The highest BCUT2D eigenvalue weighted by atomic mass is 16.3. The van der Waals surface area contributed by atoms with Gasteiger partial charge in [0.2, 0.25) is 0 Å². The first-order valence-electron chi connectivity index (χ1n) is 10.0. The van der Waals surface area contributed by atoms with E-state index in [0.29, 0.717) is 5.56 Å². The third-order valence-corrected chi connectivity index (χ3v) is 5.10. The van der Waals surface area contributed by atoms with E-state index < -0.39 is 17.8 Å². The molecule has 6 heteroatoms. The van der Waals surface area contributed by atoms with Crippen molar-refractivity contribution in [2.75, 3.05) is 13.1 Å². The van der Waals surface area contributed by atoms with Crippen molar-refractivity contribution in [3.05, 3.63) is 34.4 Å². The van der Waals surface area contributed by atoms with Crippen LogP contribution in [0.4, 0.5) is 4.79 Å². The summed E-state index contributed by atoms with van der Waals surface area (Å²) in [6.45, 7) is 15.8. The fourth-order valence-electron chi connectivity index (χ4n) is 3.43. The number of nitrogens with zero attached hydrogens (tertiary/aromatic N) is 2. The van der Waals surface area contributed by atoms with Gasteiger partial charge in [0.25, 0.3) is 11.8 Å². The topological polar surface area (TPSA) is 77.9 Å². The smallest absolute Gasteiger partial charge is 0.333 e. The molecule has 1 fully saturated rings. The molecule has 0 radical (unpaired) electrons. The predicted molar refractivity (Wildman–Crippen MR) is 114 cm³/mol. The molecule has 0 atom stereocenters. The molecule has 4 amide bonds. The predicted octanol–water partition coefficient (Wildman–Crippen LogP) is 4.20. The highest BCUT2D eigenvalue weighted by molar-refractivity contribution is 6.30. The van der Waals surface area contributed by atoms with Gasteiger partial charge in [-0.25, -0.2) is 4.79 Å². The number of aromatic hydroxyl groups is 1. The Kier molecular flexibility index (Phi) is 5.98. The number of imide groups is 2. The fraction of sp³-hybridized carbons (Fsp3) is 0.522. The first-order chi connectivity index (χ1) is 13.2. The molecule has 0 spiro atoms. The zero-order valence-electron chi connectivity index (χ0n) is 18.7. The number of carbonyl (C=O) groups is 3. The van der Waals surface area contributed by atoms with Crippen LogP contribution in [-0.2, 0) is 20.4 Å². The van der Waals surface area contributed by atoms with Gasteiger partial charge < -0.3 is 5.11 Å². The normalized spacial score (nSPS) is 16.0. The van der Waals surface area contributed by atoms with E-state index in [4.69, 9.17) is 0 Å².